The Morgan fingerprint density at radius 3 is 2.53 bits per heavy atom. The minimum absolute atomic E-state index is 0.0980. The van der Waals surface area contributed by atoms with Crippen LogP contribution in [0.2, 0.25) is 0 Å². The number of aryl methyl sites for hydroxylation is 1. The second-order valence-corrected chi connectivity index (χ2v) is 3.32. The number of imidazole rings is 1. The molecule has 0 amide bonds. The second kappa shape index (κ2) is 4.93. The summed E-state index contributed by atoms with van der Waals surface area (Å²) >= 11 is 0. The molecule has 8 nitrogen and oxygen atoms in total. The zero-order valence-electron chi connectivity index (χ0n) is 9.19. The van der Waals surface area contributed by atoms with Gasteiger partial charge in [-0.2, -0.15) is 0 Å². The molecular weight excluding hydrogens is 232 g/mol. The third-order valence-electron chi connectivity index (χ3n) is 2.12. The van der Waals surface area contributed by atoms with Crippen molar-refractivity contribution >= 4 is 11.9 Å². The quantitative estimate of drug-likeness (QED) is 0.562. The fourth-order valence-electron chi connectivity index (χ4n) is 1.21. The van der Waals surface area contributed by atoms with Crippen LogP contribution in [0.25, 0.3) is 0 Å². The van der Waals surface area contributed by atoms with E-state index >= 15 is 0 Å². The normalized spacial score (nSPS) is 14.1. The Labute approximate surface area is 96.1 Å². The molecule has 0 radical (unpaired) electrons. The topological polar surface area (TPSA) is 122 Å². The Morgan fingerprint density at radius 1 is 1.47 bits per heavy atom. The summed E-state index contributed by atoms with van der Waals surface area (Å²) in [6.07, 6.45) is -2.48. The summed E-state index contributed by atoms with van der Waals surface area (Å²) < 4.78 is 5.70. The first-order valence-electron chi connectivity index (χ1n) is 4.59. The monoisotopic (exact) mass is 244 g/mol. The first kappa shape index (κ1) is 13.1. The van der Waals surface area contributed by atoms with Crippen LogP contribution < -0.4 is 0 Å². The van der Waals surface area contributed by atoms with E-state index in [0.29, 0.717) is 0 Å². The number of aliphatic carboxylic acids is 1. The van der Waals surface area contributed by atoms with Gasteiger partial charge < -0.3 is 24.6 Å². The van der Waals surface area contributed by atoms with Crippen LogP contribution in [-0.2, 0) is 16.6 Å². The number of carbonyl (C=O) groups is 2. The smallest absolute Gasteiger partial charge is 0.374 e. The van der Waals surface area contributed by atoms with Crippen LogP contribution in [0, 0.1) is 0 Å². The number of carboxylic acid groups (broad SMARTS) is 1. The van der Waals surface area contributed by atoms with Gasteiger partial charge in [0.15, 0.2) is 6.10 Å². The first-order valence-corrected chi connectivity index (χ1v) is 4.59. The highest BCUT2D eigenvalue weighted by atomic mass is 16.5. The number of hydrogen-bond acceptors (Lipinski definition) is 6. The van der Waals surface area contributed by atoms with Gasteiger partial charge in [-0.05, 0) is 0 Å². The van der Waals surface area contributed by atoms with Crippen molar-refractivity contribution in [3.63, 3.8) is 0 Å². The van der Waals surface area contributed by atoms with Crippen molar-refractivity contribution in [2.45, 2.75) is 12.2 Å². The fraction of sp³-hybridized carbons (Fsp3) is 0.444. The number of aliphatic hydroxyl groups excluding tert-OH is 2. The Hall–Kier alpha value is -1.93. The molecule has 1 aromatic rings. The maximum atomic E-state index is 11.2. The highest BCUT2D eigenvalue weighted by Gasteiger charge is 2.28. The van der Waals surface area contributed by atoms with Crippen LogP contribution in [0.5, 0.6) is 0 Å². The van der Waals surface area contributed by atoms with E-state index in [1.807, 2.05) is 0 Å². The predicted octanol–water partition coefficient (Wildman–Crippen LogP) is -1.31. The number of methoxy groups -OCH3 is 1. The highest BCUT2D eigenvalue weighted by Crippen LogP contribution is 2.16. The van der Waals surface area contributed by atoms with Crippen LogP contribution in [0.1, 0.15) is 22.4 Å². The number of carboxylic acids is 1. The molecular formula is C9H12N2O6. The van der Waals surface area contributed by atoms with Gasteiger partial charge in [0.05, 0.1) is 12.8 Å². The molecule has 0 spiro atoms. The van der Waals surface area contributed by atoms with E-state index in [1.54, 1.807) is 0 Å². The number of aliphatic hydroxyl groups is 2. The summed E-state index contributed by atoms with van der Waals surface area (Å²) in [6, 6.07) is 0. The van der Waals surface area contributed by atoms with Gasteiger partial charge in [-0.15, -0.1) is 0 Å². The van der Waals surface area contributed by atoms with Crippen LogP contribution in [-0.4, -0.2) is 50.0 Å². The number of aromatic nitrogens is 2. The Balaban J connectivity index is 3.01. The second-order valence-electron chi connectivity index (χ2n) is 3.32. The van der Waals surface area contributed by atoms with E-state index < -0.39 is 24.1 Å². The minimum atomic E-state index is -2.00. The lowest BCUT2D eigenvalue weighted by Crippen LogP contribution is -2.27. The third-order valence-corrected chi connectivity index (χ3v) is 2.12. The molecule has 0 saturated heterocycles. The van der Waals surface area contributed by atoms with Crippen molar-refractivity contribution in [3.8, 4) is 0 Å². The van der Waals surface area contributed by atoms with Crippen LogP contribution in [0.15, 0.2) is 6.20 Å². The average molecular weight is 244 g/mol. The van der Waals surface area contributed by atoms with Crippen LogP contribution >= 0.6 is 0 Å². The molecule has 0 bridgehead atoms. The summed E-state index contributed by atoms with van der Waals surface area (Å²) in [5.41, 5.74) is -0.122. The molecule has 17 heavy (non-hydrogen) atoms. The average Bonchev–Trinajstić information content (AvgIpc) is 2.68. The number of ether oxygens (including phenoxy) is 1. The van der Waals surface area contributed by atoms with Gasteiger partial charge in [-0.1, -0.05) is 0 Å². The fourth-order valence-corrected chi connectivity index (χ4v) is 1.21. The van der Waals surface area contributed by atoms with Crippen molar-refractivity contribution in [1.29, 1.82) is 0 Å². The molecule has 0 aliphatic rings. The minimum Gasteiger partial charge on any atom is -0.479 e. The lowest BCUT2D eigenvalue weighted by molar-refractivity contribution is -0.153. The standard InChI is InChI=1S/C9H12N2O6/c1-11-3-4(5(12)6(13)8(14)15)10-7(11)9(16)17-2/h3,5-6,12-13H,1-2H3,(H,14,15). The zero-order valence-corrected chi connectivity index (χ0v) is 9.19. The van der Waals surface area contributed by atoms with Gasteiger partial charge in [0.2, 0.25) is 5.82 Å². The first-order chi connectivity index (χ1) is 7.88. The van der Waals surface area contributed by atoms with Crippen molar-refractivity contribution in [1.82, 2.24) is 9.55 Å². The lowest BCUT2D eigenvalue weighted by Gasteiger charge is -2.10. The molecule has 2 unspecified atom stereocenters. The molecule has 1 aromatic heterocycles. The van der Waals surface area contributed by atoms with Gasteiger partial charge in [-0.3, -0.25) is 0 Å². The lowest BCUT2D eigenvalue weighted by atomic mass is 10.1. The Bertz CT molecular complexity index is 441. The van der Waals surface area contributed by atoms with Gasteiger partial charge >= 0.3 is 11.9 Å². The summed E-state index contributed by atoms with van der Waals surface area (Å²) in [4.78, 5) is 25.4. The molecule has 0 aliphatic carbocycles. The number of hydrogen-bond donors (Lipinski definition) is 3. The largest absolute Gasteiger partial charge is 0.479 e. The summed E-state index contributed by atoms with van der Waals surface area (Å²) in [5, 5.41) is 27.1. The van der Waals surface area contributed by atoms with E-state index in [1.165, 1.54) is 24.9 Å². The van der Waals surface area contributed by atoms with E-state index in [9.17, 15) is 14.7 Å². The van der Waals surface area contributed by atoms with Crippen LogP contribution in [0.3, 0.4) is 0 Å². The predicted molar refractivity (Wildman–Crippen MR) is 53.1 cm³/mol. The van der Waals surface area contributed by atoms with Crippen LogP contribution in [0.4, 0.5) is 0 Å². The van der Waals surface area contributed by atoms with Gasteiger partial charge in [0.25, 0.3) is 0 Å². The molecule has 94 valence electrons. The van der Waals surface area contributed by atoms with Gasteiger partial charge in [0, 0.05) is 13.2 Å². The zero-order chi connectivity index (χ0) is 13.2. The molecule has 1 rings (SSSR count). The molecule has 0 aromatic carbocycles. The van der Waals surface area contributed by atoms with E-state index in [4.69, 9.17) is 10.2 Å². The van der Waals surface area contributed by atoms with Crippen molar-refractivity contribution in [2.24, 2.45) is 7.05 Å². The molecule has 8 heteroatoms. The van der Waals surface area contributed by atoms with Crippen molar-refractivity contribution in [3.05, 3.63) is 17.7 Å². The summed E-state index contributed by atoms with van der Waals surface area (Å²) in [6.45, 7) is 0. The maximum absolute atomic E-state index is 11.2. The number of esters is 1. The molecule has 0 saturated carbocycles. The number of rotatable bonds is 4. The number of carbonyl (C=O) groups excluding carboxylic acids is 1. The van der Waals surface area contributed by atoms with Gasteiger partial charge in [0.1, 0.15) is 6.10 Å². The third kappa shape index (κ3) is 2.60. The molecule has 0 aliphatic heterocycles. The molecule has 1 heterocycles. The number of nitrogens with zero attached hydrogens (tertiary/aromatic N) is 2. The van der Waals surface area contributed by atoms with E-state index in [0.717, 1.165) is 0 Å². The maximum Gasteiger partial charge on any atom is 0.374 e. The Kier molecular flexibility index (Phi) is 3.81. The van der Waals surface area contributed by atoms with E-state index in [-0.39, 0.29) is 11.5 Å². The Morgan fingerprint density at radius 2 is 2.06 bits per heavy atom. The van der Waals surface area contributed by atoms with Crippen molar-refractivity contribution < 1.29 is 29.6 Å². The summed E-state index contributed by atoms with van der Waals surface area (Å²) in [5.74, 6) is -2.40. The SMILES string of the molecule is COC(=O)c1nc(C(O)C(O)C(=O)O)cn1C. The molecule has 3 N–H and O–H groups in total. The molecule has 2 atom stereocenters. The van der Waals surface area contributed by atoms with Gasteiger partial charge in [-0.25, -0.2) is 14.6 Å². The molecule has 0 fully saturated rings. The highest BCUT2D eigenvalue weighted by molar-refractivity contribution is 5.85. The summed E-state index contributed by atoms with van der Waals surface area (Å²) in [7, 11) is 2.64. The van der Waals surface area contributed by atoms with E-state index in [2.05, 4.69) is 9.72 Å². The van der Waals surface area contributed by atoms with Crippen molar-refractivity contribution in [2.75, 3.05) is 7.11 Å².